The Balaban J connectivity index is 1.63. The number of nitrogens with one attached hydrogen (secondary N) is 2. The number of pyridine rings is 1. The quantitative estimate of drug-likeness (QED) is 0.773. The number of imidazole rings is 1. The summed E-state index contributed by atoms with van der Waals surface area (Å²) in [7, 11) is 0. The molecule has 1 saturated heterocycles. The van der Waals surface area contributed by atoms with E-state index in [0.29, 0.717) is 18.8 Å². The second kappa shape index (κ2) is 5.92. The molecule has 0 saturated carbocycles. The zero-order valence-corrected chi connectivity index (χ0v) is 12.5. The van der Waals surface area contributed by atoms with Crippen LogP contribution in [0.25, 0.3) is 17.0 Å². The molecule has 1 fully saturated rings. The number of hydrogen-bond acceptors (Lipinski definition) is 5. The van der Waals surface area contributed by atoms with E-state index in [4.69, 9.17) is 0 Å². The molecule has 1 aliphatic heterocycles. The van der Waals surface area contributed by atoms with E-state index in [1.54, 1.807) is 18.6 Å². The van der Waals surface area contributed by atoms with E-state index in [0.717, 1.165) is 23.6 Å². The zero-order chi connectivity index (χ0) is 15.6. The minimum absolute atomic E-state index is 0.252. The molecule has 4 heterocycles. The highest BCUT2D eigenvalue weighted by atomic mass is 19.1. The lowest BCUT2D eigenvalue weighted by molar-refractivity contribution is 0.241. The molecule has 2 unspecified atom stereocenters. The van der Waals surface area contributed by atoms with Crippen molar-refractivity contribution in [3.63, 3.8) is 0 Å². The molecule has 4 rings (SSSR count). The molecule has 0 aliphatic carbocycles. The molecule has 0 bridgehead atoms. The van der Waals surface area contributed by atoms with Gasteiger partial charge in [-0.2, -0.15) is 0 Å². The third kappa shape index (κ3) is 2.75. The molecule has 3 aromatic heterocycles. The Hall–Kier alpha value is -2.54. The number of rotatable bonds is 3. The molecule has 1 aliphatic rings. The zero-order valence-electron chi connectivity index (χ0n) is 12.5. The van der Waals surface area contributed by atoms with Gasteiger partial charge in [-0.15, -0.1) is 0 Å². The molecule has 0 amide bonds. The van der Waals surface area contributed by atoms with Crippen LogP contribution in [0.2, 0.25) is 0 Å². The molecule has 0 aromatic carbocycles. The largest absolute Gasteiger partial charge is 0.363 e. The average Bonchev–Trinajstić information content (AvgIpc) is 3.01. The van der Waals surface area contributed by atoms with Crippen molar-refractivity contribution in [1.29, 1.82) is 0 Å². The summed E-state index contributed by atoms with van der Waals surface area (Å²) < 4.78 is 15.9. The normalized spacial score (nSPS) is 21.4. The first-order valence-electron chi connectivity index (χ1n) is 7.67. The Bertz CT molecular complexity index is 817. The summed E-state index contributed by atoms with van der Waals surface area (Å²) in [5, 5.41) is 6.39. The van der Waals surface area contributed by atoms with Crippen molar-refractivity contribution in [2.75, 3.05) is 18.4 Å². The van der Waals surface area contributed by atoms with Crippen LogP contribution in [-0.4, -0.2) is 44.7 Å². The molecule has 2 atom stereocenters. The van der Waals surface area contributed by atoms with E-state index in [2.05, 4.69) is 25.6 Å². The molecule has 0 spiro atoms. The summed E-state index contributed by atoms with van der Waals surface area (Å²) in [5.41, 5.74) is 2.43. The Morgan fingerprint density at radius 1 is 1.30 bits per heavy atom. The fraction of sp³-hybridized carbons (Fsp3) is 0.312. The average molecular weight is 312 g/mol. The highest BCUT2D eigenvalue weighted by molar-refractivity contribution is 5.61. The molecule has 23 heavy (non-hydrogen) atoms. The van der Waals surface area contributed by atoms with Gasteiger partial charge in [0.1, 0.15) is 12.0 Å². The van der Waals surface area contributed by atoms with Crippen LogP contribution < -0.4 is 10.6 Å². The van der Waals surface area contributed by atoms with Gasteiger partial charge in [-0.25, -0.2) is 14.4 Å². The van der Waals surface area contributed by atoms with Gasteiger partial charge in [-0.05, 0) is 25.1 Å². The maximum atomic E-state index is 14.0. The van der Waals surface area contributed by atoms with E-state index in [-0.39, 0.29) is 6.04 Å². The predicted molar refractivity (Wildman–Crippen MR) is 86.0 cm³/mol. The highest BCUT2D eigenvalue weighted by Crippen LogP contribution is 2.21. The van der Waals surface area contributed by atoms with Gasteiger partial charge < -0.3 is 10.6 Å². The Kier molecular flexibility index (Phi) is 3.63. The first-order valence-corrected chi connectivity index (χ1v) is 7.67. The Morgan fingerprint density at radius 3 is 3.17 bits per heavy atom. The Morgan fingerprint density at radius 2 is 2.26 bits per heavy atom. The SMILES string of the molecule is FC1CCNCC1Nc1cccc(-c2cnc3cnccn23)n1. The second-order valence-electron chi connectivity index (χ2n) is 5.62. The maximum absolute atomic E-state index is 14.0. The van der Waals surface area contributed by atoms with Crippen molar-refractivity contribution in [3.8, 4) is 11.4 Å². The number of alkyl halides is 1. The van der Waals surface area contributed by atoms with E-state index >= 15 is 0 Å². The Labute approximate surface area is 132 Å². The van der Waals surface area contributed by atoms with Crippen molar-refractivity contribution in [1.82, 2.24) is 24.7 Å². The van der Waals surface area contributed by atoms with E-state index in [1.165, 1.54) is 0 Å². The monoisotopic (exact) mass is 312 g/mol. The van der Waals surface area contributed by atoms with Crippen molar-refractivity contribution < 1.29 is 4.39 Å². The fourth-order valence-electron chi connectivity index (χ4n) is 2.85. The third-order valence-corrected chi connectivity index (χ3v) is 4.06. The van der Waals surface area contributed by atoms with Crippen molar-refractivity contribution in [3.05, 3.63) is 43.0 Å². The number of piperidine rings is 1. The van der Waals surface area contributed by atoms with Crippen LogP contribution in [0.5, 0.6) is 0 Å². The lowest BCUT2D eigenvalue weighted by Crippen LogP contribution is -2.46. The number of halogens is 1. The van der Waals surface area contributed by atoms with Crippen LogP contribution in [0.1, 0.15) is 6.42 Å². The first kappa shape index (κ1) is 14.1. The first-order chi connectivity index (χ1) is 11.3. The van der Waals surface area contributed by atoms with Gasteiger partial charge in [0.2, 0.25) is 0 Å². The number of anilines is 1. The molecule has 7 heteroatoms. The van der Waals surface area contributed by atoms with Gasteiger partial charge in [0.25, 0.3) is 0 Å². The molecule has 6 nitrogen and oxygen atoms in total. The van der Waals surface area contributed by atoms with Gasteiger partial charge in [-0.3, -0.25) is 9.38 Å². The third-order valence-electron chi connectivity index (χ3n) is 4.06. The van der Waals surface area contributed by atoms with Crippen LogP contribution >= 0.6 is 0 Å². The number of aromatic nitrogens is 4. The van der Waals surface area contributed by atoms with Gasteiger partial charge in [0.15, 0.2) is 5.65 Å². The summed E-state index contributed by atoms with van der Waals surface area (Å²) in [5.74, 6) is 0.669. The number of hydrogen-bond donors (Lipinski definition) is 2. The van der Waals surface area contributed by atoms with Gasteiger partial charge >= 0.3 is 0 Å². The van der Waals surface area contributed by atoms with Crippen LogP contribution in [0, 0.1) is 0 Å². The predicted octanol–water partition coefficient (Wildman–Crippen LogP) is 1.90. The second-order valence-corrected chi connectivity index (χ2v) is 5.62. The van der Waals surface area contributed by atoms with Crippen molar-refractivity contribution >= 4 is 11.5 Å². The smallest absolute Gasteiger partial charge is 0.155 e. The van der Waals surface area contributed by atoms with Gasteiger partial charge in [0.05, 0.1) is 29.8 Å². The maximum Gasteiger partial charge on any atom is 0.155 e. The molecule has 0 radical (unpaired) electrons. The molecule has 3 aromatic rings. The molecular formula is C16H17FN6. The van der Waals surface area contributed by atoms with Crippen molar-refractivity contribution in [2.45, 2.75) is 18.6 Å². The fourth-order valence-corrected chi connectivity index (χ4v) is 2.85. The topological polar surface area (TPSA) is 67.1 Å². The minimum Gasteiger partial charge on any atom is -0.363 e. The molecule has 118 valence electrons. The summed E-state index contributed by atoms with van der Waals surface area (Å²) in [6.45, 7) is 1.33. The van der Waals surface area contributed by atoms with Crippen LogP contribution in [0.4, 0.5) is 10.2 Å². The number of nitrogens with zero attached hydrogens (tertiary/aromatic N) is 4. The van der Waals surface area contributed by atoms with Gasteiger partial charge in [0, 0.05) is 18.9 Å². The van der Waals surface area contributed by atoms with Crippen LogP contribution in [0.15, 0.2) is 43.0 Å². The van der Waals surface area contributed by atoms with Crippen LogP contribution in [0.3, 0.4) is 0 Å². The van der Waals surface area contributed by atoms with E-state index in [1.807, 2.05) is 28.8 Å². The lowest BCUT2D eigenvalue weighted by atomic mass is 10.1. The standard InChI is InChI=1S/C16H17FN6/c17-11-4-5-18-8-13(11)22-15-3-1-2-12(21-15)14-9-20-16-10-19-6-7-23(14)16/h1-3,6-7,9-11,13,18H,4-5,8H2,(H,21,22). The molecule has 2 N–H and O–H groups in total. The summed E-state index contributed by atoms with van der Waals surface area (Å²) in [6.07, 6.45) is 6.70. The lowest BCUT2D eigenvalue weighted by Gasteiger charge is -2.28. The number of fused-ring (bicyclic) bond motifs is 1. The summed E-state index contributed by atoms with van der Waals surface area (Å²) in [6, 6.07) is 5.43. The summed E-state index contributed by atoms with van der Waals surface area (Å²) in [4.78, 5) is 13.0. The highest BCUT2D eigenvalue weighted by Gasteiger charge is 2.24. The van der Waals surface area contributed by atoms with E-state index < -0.39 is 6.17 Å². The molecular weight excluding hydrogens is 295 g/mol. The van der Waals surface area contributed by atoms with Crippen molar-refractivity contribution in [2.24, 2.45) is 0 Å². The summed E-state index contributed by atoms with van der Waals surface area (Å²) >= 11 is 0. The van der Waals surface area contributed by atoms with Crippen LogP contribution in [-0.2, 0) is 0 Å². The van der Waals surface area contributed by atoms with Gasteiger partial charge in [-0.1, -0.05) is 6.07 Å². The van der Waals surface area contributed by atoms with E-state index in [9.17, 15) is 4.39 Å². The minimum atomic E-state index is -0.858.